The van der Waals surface area contributed by atoms with Crippen molar-refractivity contribution < 1.29 is 9.90 Å². The van der Waals surface area contributed by atoms with Gasteiger partial charge >= 0.3 is 11.7 Å². The Morgan fingerprint density at radius 1 is 1.33 bits per heavy atom. The Labute approximate surface area is 103 Å². The second-order valence-electron chi connectivity index (χ2n) is 4.02. The molecule has 0 radical (unpaired) electrons. The lowest BCUT2D eigenvalue weighted by atomic mass is 10.2. The number of aromatic nitrogens is 2. The van der Waals surface area contributed by atoms with Crippen LogP contribution in [0.5, 0.6) is 0 Å². The first-order valence-corrected chi connectivity index (χ1v) is 5.42. The van der Waals surface area contributed by atoms with Crippen molar-refractivity contribution >= 4 is 5.97 Å². The standard InChI is InChI=1S/C13H12N2O3/c1-9-2-4-11(5-3-9)15-8-10(6-12(16)17)7-14-13(15)18/h2-5,7-8H,6H2,1H3,(H,16,17). The number of aryl methyl sites for hydroxylation is 1. The molecule has 0 spiro atoms. The van der Waals surface area contributed by atoms with Crippen molar-refractivity contribution in [3.63, 3.8) is 0 Å². The molecule has 0 aliphatic heterocycles. The van der Waals surface area contributed by atoms with E-state index in [1.807, 2.05) is 19.1 Å². The lowest BCUT2D eigenvalue weighted by Crippen LogP contribution is -2.21. The van der Waals surface area contributed by atoms with E-state index in [9.17, 15) is 9.59 Å². The number of aliphatic carboxylic acids is 1. The highest BCUT2D eigenvalue weighted by molar-refractivity contribution is 5.69. The van der Waals surface area contributed by atoms with E-state index in [1.54, 1.807) is 12.1 Å². The summed E-state index contributed by atoms with van der Waals surface area (Å²) in [5.74, 6) is -0.953. The number of carboxylic acids is 1. The third-order valence-electron chi connectivity index (χ3n) is 2.51. The van der Waals surface area contributed by atoms with E-state index in [0.717, 1.165) is 5.56 Å². The summed E-state index contributed by atoms with van der Waals surface area (Å²) in [5.41, 5.74) is 1.82. The summed E-state index contributed by atoms with van der Waals surface area (Å²) in [6.45, 7) is 1.95. The molecule has 1 heterocycles. The van der Waals surface area contributed by atoms with Gasteiger partial charge in [-0.05, 0) is 24.6 Å². The van der Waals surface area contributed by atoms with Gasteiger partial charge in [0.15, 0.2) is 0 Å². The number of rotatable bonds is 3. The number of hydrogen-bond acceptors (Lipinski definition) is 3. The molecule has 0 saturated heterocycles. The second kappa shape index (κ2) is 4.83. The first-order chi connectivity index (χ1) is 8.56. The normalized spacial score (nSPS) is 10.3. The fourth-order valence-electron chi connectivity index (χ4n) is 1.61. The molecule has 0 atom stereocenters. The Morgan fingerprint density at radius 3 is 2.61 bits per heavy atom. The van der Waals surface area contributed by atoms with Crippen LogP contribution in [0.25, 0.3) is 5.69 Å². The van der Waals surface area contributed by atoms with Gasteiger partial charge in [0.1, 0.15) is 0 Å². The maximum atomic E-state index is 11.6. The molecule has 2 rings (SSSR count). The molecule has 5 heteroatoms. The van der Waals surface area contributed by atoms with E-state index < -0.39 is 11.7 Å². The third kappa shape index (κ3) is 2.63. The van der Waals surface area contributed by atoms with Crippen LogP contribution in [-0.4, -0.2) is 20.6 Å². The lowest BCUT2D eigenvalue weighted by molar-refractivity contribution is -0.136. The van der Waals surface area contributed by atoms with Crippen molar-refractivity contribution in [2.45, 2.75) is 13.3 Å². The van der Waals surface area contributed by atoms with Crippen LogP contribution >= 0.6 is 0 Å². The van der Waals surface area contributed by atoms with Gasteiger partial charge in [0.05, 0.1) is 12.1 Å². The van der Waals surface area contributed by atoms with Gasteiger partial charge in [0.25, 0.3) is 0 Å². The van der Waals surface area contributed by atoms with Crippen LogP contribution in [0.3, 0.4) is 0 Å². The summed E-state index contributed by atoms with van der Waals surface area (Å²) in [4.78, 5) is 26.0. The highest BCUT2D eigenvalue weighted by Gasteiger charge is 2.05. The molecule has 0 fully saturated rings. The number of carboxylic acid groups (broad SMARTS) is 1. The van der Waals surface area contributed by atoms with Gasteiger partial charge in [-0.25, -0.2) is 9.78 Å². The average molecular weight is 244 g/mol. The molecule has 1 N–H and O–H groups in total. The predicted molar refractivity (Wildman–Crippen MR) is 65.9 cm³/mol. The molecule has 18 heavy (non-hydrogen) atoms. The maximum Gasteiger partial charge on any atom is 0.352 e. The topological polar surface area (TPSA) is 72.2 Å². The molecule has 1 aromatic carbocycles. The lowest BCUT2D eigenvalue weighted by Gasteiger charge is -2.06. The van der Waals surface area contributed by atoms with Crippen LogP contribution in [-0.2, 0) is 11.2 Å². The molecule has 0 amide bonds. The predicted octanol–water partition coefficient (Wildman–Crippen LogP) is 1.17. The van der Waals surface area contributed by atoms with Crippen LogP contribution < -0.4 is 5.69 Å². The van der Waals surface area contributed by atoms with E-state index in [0.29, 0.717) is 11.3 Å². The minimum atomic E-state index is -0.953. The summed E-state index contributed by atoms with van der Waals surface area (Å²) in [5, 5.41) is 8.72. The first-order valence-electron chi connectivity index (χ1n) is 5.42. The smallest absolute Gasteiger partial charge is 0.352 e. The zero-order valence-corrected chi connectivity index (χ0v) is 9.83. The summed E-state index contributed by atoms with van der Waals surface area (Å²) in [6, 6.07) is 7.35. The summed E-state index contributed by atoms with van der Waals surface area (Å²) < 4.78 is 1.34. The van der Waals surface area contributed by atoms with Crippen molar-refractivity contribution in [2.24, 2.45) is 0 Å². The van der Waals surface area contributed by atoms with Gasteiger partial charge in [0.2, 0.25) is 0 Å². The number of nitrogens with zero attached hydrogens (tertiary/aromatic N) is 2. The SMILES string of the molecule is Cc1ccc(-n2cc(CC(=O)O)cnc2=O)cc1. The second-order valence-corrected chi connectivity index (χ2v) is 4.02. The van der Waals surface area contributed by atoms with Crippen molar-refractivity contribution in [1.82, 2.24) is 9.55 Å². The molecule has 0 aliphatic carbocycles. The molecule has 0 unspecified atom stereocenters. The van der Waals surface area contributed by atoms with Gasteiger partial charge < -0.3 is 5.11 Å². The van der Waals surface area contributed by atoms with Crippen molar-refractivity contribution in [2.75, 3.05) is 0 Å². The monoisotopic (exact) mass is 244 g/mol. The van der Waals surface area contributed by atoms with E-state index in [4.69, 9.17) is 5.11 Å². The van der Waals surface area contributed by atoms with Gasteiger partial charge in [-0.2, -0.15) is 0 Å². The molecule has 5 nitrogen and oxygen atoms in total. The van der Waals surface area contributed by atoms with Crippen LogP contribution in [0.2, 0.25) is 0 Å². The van der Waals surface area contributed by atoms with Gasteiger partial charge in [-0.3, -0.25) is 9.36 Å². The van der Waals surface area contributed by atoms with Crippen LogP contribution in [0, 0.1) is 6.92 Å². The van der Waals surface area contributed by atoms with E-state index in [-0.39, 0.29) is 6.42 Å². The molecule has 1 aromatic heterocycles. The van der Waals surface area contributed by atoms with Crippen molar-refractivity contribution in [3.8, 4) is 5.69 Å². The fraction of sp³-hybridized carbons (Fsp3) is 0.154. The summed E-state index contributed by atoms with van der Waals surface area (Å²) >= 11 is 0. The zero-order valence-electron chi connectivity index (χ0n) is 9.83. The van der Waals surface area contributed by atoms with Crippen LogP contribution in [0.1, 0.15) is 11.1 Å². The minimum Gasteiger partial charge on any atom is -0.481 e. The first kappa shape index (κ1) is 12.0. The van der Waals surface area contributed by atoms with Crippen LogP contribution in [0.4, 0.5) is 0 Å². The average Bonchev–Trinajstić information content (AvgIpc) is 2.32. The zero-order chi connectivity index (χ0) is 13.1. The quantitative estimate of drug-likeness (QED) is 0.879. The Hall–Kier alpha value is -2.43. The highest BCUT2D eigenvalue weighted by atomic mass is 16.4. The highest BCUT2D eigenvalue weighted by Crippen LogP contribution is 2.07. The number of benzene rings is 1. The van der Waals surface area contributed by atoms with Crippen molar-refractivity contribution in [1.29, 1.82) is 0 Å². The van der Waals surface area contributed by atoms with Gasteiger partial charge in [-0.1, -0.05) is 17.7 Å². The third-order valence-corrected chi connectivity index (χ3v) is 2.51. The van der Waals surface area contributed by atoms with E-state index in [2.05, 4.69) is 4.98 Å². The molecule has 92 valence electrons. The molecule has 0 saturated carbocycles. The molecule has 0 aliphatic rings. The summed E-state index contributed by atoms with van der Waals surface area (Å²) in [6.07, 6.45) is 2.65. The Morgan fingerprint density at radius 2 is 2.00 bits per heavy atom. The largest absolute Gasteiger partial charge is 0.481 e. The van der Waals surface area contributed by atoms with E-state index in [1.165, 1.54) is 17.0 Å². The number of carbonyl (C=O) groups is 1. The molecule has 2 aromatic rings. The number of hydrogen-bond donors (Lipinski definition) is 1. The van der Waals surface area contributed by atoms with E-state index >= 15 is 0 Å². The van der Waals surface area contributed by atoms with Crippen LogP contribution in [0.15, 0.2) is 41.5 Å². The summed E-state index contributed by atoms with van der Waals surface area (Å²) in [7, 11) is 0. The Kier molecular flexibility index (Phi) is 3.23. The minimum absolute atomic E-state index is 0.154. The van der Waals surface area contributed by atoms with Crippen molar-refractivity contribution in [3.05, 3.63) is 58.3 Å². The molecule has 0 bridgehead atoms. The molecular weight excluding hydrogens is 232 g/mol. The fourth-order valence-corrected chi connectivity index (χ4v) is 1.61. The molecular formula is C13H12N2O3. The Balaban J connectivity index is 2.46. The Bertz CT molecular complexity index is 629. The van der Waals surface area contributed by atoms with Gasteiger partial charge in [0, 0.05) is 12.4 Å². The van der Waals surface area contributed by atoms with Gasteiger partial charge in [-0.15, -0.1) is 0 Å². The maximum absolute atomic E-state index is 11.6.